The van der Waals surface area contributed by atoms with Crippen LogP contribution in [0, 0.1) is 0 Å². The number of nitrogens with one attached hydrogen (secondary N) is 1. The molecule has 2 rings (SSSR count). The lowest BCUT2D eigenvalue weighted by Gasteiger charge is -2.13. The average Bonchev–Trinajstić information content (AvgIpc) is 2.17. The summed E-state index contributed by atoms with van der Waals surface area (Å²) < 4.78 is 0. The third-order valence-electron chi connectivity index (χ3n) is 2.04. The lowest BCUT2D eigenvalue weighted by atomic mass is 10.00. The van der Waals surface area contributed by atoms with Crippen LogP contribution in [0.3, 0.4) is 0 Å². The minimum Gasteiger partial charge on any atom is -0.387 e. The minimum atomic E-state index is 0.751. The molecule has 0 atom stereocenters. The lowest BCUT2D eigenvalue weighted by molar-refractivity contribution is 0.112. The van der Waals surface area contributed by atoms with E-state index in [0.717, 1.165) is 29.5 Å². The summed E-state index contributed by atoms with van der Waals surface area (Å²) in [5.41, 5.74) is 3.01. The van der Waals surface area contributed by atoms with Crippen LogP contribution in [0.1, 0.15) is 21.5 Å². The van der Waals surface area contributed by atoms with Gasteiger partial charge in [0.15, 0.2) is 0 Å². The Hall–Kier alpha value is -1.57. The number of hydrogen-bond acceptors (Lipinski definition) is 2. The highest BCUT2D eigenvalue weighted by Gasteiger charge is 2.07. The van der Waals surface area contributed by atoms with Gasteiger partial charge in [-0.15, -0.1) is 0 Å². The van der Waals surface area contributed by atoms with Gasteiger partial charge in [0.25, 0.3) is 0 Å². The lowest BCUT2D eigenvalue weighted by Crippen LogP contribution is -2.12. The second-order valence-electron chi connectivity index (χ2n) is 2.75. The molecule has 2 heteroatoms. The number of aldehydes is 1. The molecule has 12 heavy (non-hydrogen) atoms. The quantitative estimate of drug-likeness (QED) is 0.630. The SMILES string of the molecule is O=Cc1cccc2c1CNC=C2. The fourth-order valence-electron chi connectivity index (χ4n) is 1.40. The number of carbonyl (C=O) groups is 1. The van der Waals surface area contributed by atoms with E-state index in [1.165, 1.54) is 0 Å². The van der Waals surface area contributed by atoms with Gasteiger partial charge in [0.1, 0.15) is 6.29 Å². The van der Waals surface area contributed by atoms with Crippen LogP contribution in [0.25, 0.3) is 6.08 Å². The molecule has 0 spiro atoms. The number of benzene rings is 1. The summed E-state index contributed by atoms with van der Waals surface area (Å²) in [5, 5.41) is 3.08. The van der Waals surface area contributed by atoms with Gasteiger partial charge < -0.3 is 5.32 Å². The third kappa shape index (κ3) is 1.01. The fraction of sp³-hybridized carbons (Fsp3) is 0.100. The Kier molecular flexibility index (Phi) is 1.67. The van der Waals surface area contributed by atoms with Gasteiger partial charge in [-0.3, -0.25) is 4.79 Å². The van der Waals surface area contributed by atoms with E-state index in [1.807, 2.05) is 30.5 Å². The Labute approximate surface area is 70.9 Å². The molecule has 1 heterocycles. The van der Waals surface area contributed by atoms with Crippen molar-refractivity contribution in [1.29, 1.82) is 0 Å². The smallest absolute Gasteiger partial charge is 0.150 e. The standard InChI is InChI=1S/C10H9NO/c12-7-9-3-1-2-8-4-5-11-6-10(8)9/h1-5,7,11H,6H2. The highest BCUT2D eigenvalue weighted by atomic mass is 16.1. The van der Waals surface area contributed by atoms with Crippen molar-refractivity contribution >= 4 is 12.4 Å². The number of carbonyl (C=O) groups excluding carboxylic acids is 1. The van der Waals surface area contributed by atoms with Gasteiger partial charge in [0.05, 0.1) is 0 Å². The zero-order chi connectivity index (χ0) is 8.39. The average molecular weight is 159 g/mol. The Morgan fingerprint density at radius 3 is 3.17 bits per heavy atom. The second-order valence-corrected chi connectivity index (χ2v) is 2.75. The van der Waals surface area contributed by atoms with Crippen molar-refractivity contribution in [2.45, 2.75) is 6.54 Å². The van der Waals surface area contributed by atoms with Crippen molar-refractivity contribution in [3.63, 3.8) is 0 Å². The highest BCUT2D eigenvalue weighted by Crippen LogP contribution is 2.17. The predicted molar refractivity (Wildman–Crippen MR) is 47.7 cm³/mol. The van der Waals surface area contributed by atoms with E-state index in [4.69, 9.17) is 0 Å². The third-order valence-corrected chi connectivity index (χ3v) is 2.04. The molecule has 0 unspecified atom stereocenters. The van der Waals surface area contributed by atoms with Gasteiger partial charge in [-0.1, -0.05) is 18.2 Å². The normalized spacial score (nSPS) is 13.3. The molecule has 0 saturated heterocycles. The number of hydrogen-bond donors (Lipinski definition) is 1. The topological polar surface area (TPSA) is 29.1 Å². The summed E-state index contributed by atoms with van der Waals surface area (Å²) >= 11 is 0. The first kappa shape index (κ1) is 7.10. The molecule has 0 aromatic heterocycles. The van der Waals surface area contributed by atoms with E-state index in [2.05, 4.69) is 5.32 Å². The summed E-state index contributed by atoms with van der Waals surface area (Å²) in [6.07, 6.45) is 4.78. The Bertz CT molecular complexity index is 342. The zero-order valence-electron chi connectivity index (χ0n) is 6.58. The van der Waals surface area contributed by atoms with E-state index in [0.29, 0.717) is 0 Å². The molecule has 2 nitrogen and oxygen atoms in total. The molecule has 0 saturated carbocycles. The van der Waals surface area contributed by atoms with Gasteiger partial charge in [0.2, 0.25) is 0 Å². The molecule has 0 aliphatic carbocycles. The summed E-state index contributed by atoms with van der Waals surface area (Å²) in [6.45, 7) is 0.751. The van der Waals surface area contributed by atoms with Crippen molar-refractivity contribution in [3.05, 3.63) is 41.1 Å². The first-order valence-corrected chi connectivity index (χ1v) is 3.89. The van der Waals surface area contributed by atoms with Gasteiger partial charge in [0, 0.05) is 12.1 Å². The fourth-order valence-corrected chi connectivity index (χ4v) is 1.40. The Balaban J connectivity index is 2.60. The summed E-state index contributed by atoms with van der Waals surface area (Å²) in [7, 11) is 0. The van der Waals surface area contributed by atoms with E-state index in [9.17, 15) is 4.79 Å². The van der Waals surface area contributed by atoms with Gasteiger partial charge in [-0.2, -0.15) is 0 Å². The van der Waals surface area contributed by atoms with Crippen LogP contribution in [0.4, 0.5) is 0 Å². The van der Waals surface area contributed by atoms with Gasteiger partial charge in [-0.25, -0.2) is 0 Å². The molecule has 1 aromatic carbocycles. The summed E-state index contributed by atoms with van der Waals surface area (Å²) in [5.74, 6) is 0. The van der Waals surface area contributed by atoms with Crippen LogP contribution in [0.15, 0.2) is 24.4 Å². The first-order valence-electron chi connectivity index (χ1n) is 3.89. The van der Waals surface area contributed by atoms with Crippen molar-refractivity contribution in [2.24, 2.45) is 0 Å². The molecule has 0 amide bonds. The van der Waals surface area contributed by atoms with Gasteiger partial charge >= 0.3 is 0 Å². The van der Waals surface area contributed by atoms with E-state index < -0.39 is 0 Å². The molecule has 1 aliphatic rings. The number of rotatable bonds is 1. The van der Waals surface area contributed by atoms with Crippen LogP contribution >= 0.6 is 0 Å². The van der Waals surface area contributed by atoms with E-state index in [1.54, 1.807) is 0 Å². The van der Waals surface area contributed by atoms with Crippen LogP contribution < -0.4 is 5.32 Å². The summed E-state index contributed by atoms with van der Waals surface area (Å²) in [6, 6.07) is 5.75. The maximum absolute atomic E-state index is 10.6. The minimum absolute atomic E-state index is 0.751. The summed E-state index contributed by atoms with van der Waals surface area (Å²) in [4.78, 5) is 10.6. The molecule has 0 fully saturated rings. The van der Waals surface area contributed by atoms with E-state index >= 15 is 0 Å². The molecule has 1 N–H and O–H groups in total. The number of fused-ring (bicyclic) bond motifs is 1. The molecule has 1 aromatic rings. The Morgan fingerprint density at radius 2 is 2.33 bits per heavy atom. The molecule has 60 valence electrons. The first-order chi connectivity index (χ1) is 5.92. The Morgan fingerprint density at radius 1 is 1.42 bits per heavy atom. The maximum Gasteiger partial charge on any atom is 0.150 e. The largest absolute Gasteiger partial charge is 0.387 e. The van der Waals surface area contributed by atoms with Crippen LogP contribution in [0.5, 0.6) is 0 Å². The van der Waals surface area contributed by atoms with E-state index in [-0.39, 0.29) is 0 Å². The maximum atomic E-state index is 10.6. The molecule has 0 bridgehead atoms. The van der Waals surface area contributed by atoms with Crippen LogP contribution in [-0.4, -0.2) is 6.29 Å². The van der Waals surface area contributed by atoms with Crippen molar-refractivity contribution in [2.75, 3.05) is 0 Å². The monoisotopic (exact) mass is 159 g/mol. The van der Waals surface area contributed by atoms with Crippen LogP contribution in [0.2, 0.25) is 0 Å². The van der Waals surface area contributed by atoms with Crippen molar-refractivity contribution in [3.8, 4) is 0 Å². The molecular formula is C10H9NO. The molecule has 0 radical (unpaired) electrons. The second kappa shape index (κ2) is 2.81. The van der Waals surface area contributed by atoms with Crippen LogP contribution in [-0.2, 0) is 6.54 Å². The predicted octanol–water partition coefficient (Wildman–Crippen LogP) is 1.57. The molecular weight excluding hydrogens is 150 g/mol. The van der Waals surface area contributed by atoms with Gasteiger partial charge in [-0.05, 0) is 23.4 Å². The van der Waals surface area contributed by atoms with Crippen molar-refractivity contribution in [1.82, 2.24) is 5.32 Å². The highest BCUT2D eigenvalue weighted by molar-refractivity contribution is 5.80. The molecule has 1 aliphatic heterocycles. The zero-order valence-corrected chi connectivity index (χ0v) is 6.58. The van der Waals surface area contributed by atoms with Crippen molar-refractivity contribution < 1.29 is 4.79 Å².